The Hall–Kier alpha value is -1.66. The molecule has 2 atom stereocenters. The lowest BCUT2D eigenvalue weighted by molar-refractivity contribution is -0.123. The summed E-state index contributed by atoms with van der Waals surface area (Å²) in [7, 11) is 1.47. The second-order valence-electron chi connectivity index (χ2n) is 3.91. The fraction of sp³-hybridized carbons (Fsp3) is 0.417. The molecule has 1 aromatic carbocycles. The summed E-state index contributed by atoms with van der Waals surface area (Å²) >= 11 is 0. The number of hydrogen-bond acceptors (Lipinski definition) is 4. The number of nitrogens with one attached hydrogen (secondary N) is 1. The molecule has 0 spiro atoms. The number of methoxy groups -OCH3 is 1. The number of halogens is 1. The Kier molecular flexibility index (Phi) is 5.06. The predicted octanol–water partition coefficient (Wildman–Crippen LogP) is 0.331. The van der Waals surface area contributed by atoms with Crippen LogP contribution in [0.2, 0.25) is 0 Å². The van der Waals surface area contributed by atoms with Crippen molar-refractivity contribution in [3.63, 3.8) is 0 Å². The van der Waals surface area contributed by atoms with E-state index in [9.17, 15) is 9.18 Å². The van der Waals surface area contributed by atoms with Crippen LogP contribution in [0.15, 0.2) is 18.2 Å². The third-order valence-electron chi connectivity index (χ3n) is 2.56. The molecule has 4 N–H and O–H groups in total. The zero-order chi connectivity index (χ0) is 13.7. The number of aliphatic hydroxyl groups excluding tert-OH is 1. The molecular weight excluding hydrogens is 239 g/mol. The predicted molar refractivity (Wildman–Crippen MR) is 64.6 cm³/mol. The molecule has 0 bridgehead atoms. The maximum Gasteiger partial charge on any atom is 0.239 e. The Morgan fingerprint density at radius 2 is 2.28 bits per heavy atom. The van der Waals surface area contributed by atoms with Gasteiger partial charge in [-0.05, 0) is 25.1 Å². The van der Waals surface area contributed by atoms with E-state index >= 15 is 0 Å². The van der Waals surface area contributed by atoms with E-state index in [1.54, 1.807) is 6.92 Å². The normalized spacial score (nSPS) is 13.8. The van der Waals surface area contributed by atoms with Gasteiger partial charge in [-0.3, -0.25) is 4.79 Å². The second-order valence-corrected chi connectivity index (χ2v) is 3.91. The highest BCUT2D eigenvalue weighted by molar-refractivity contribution is 5.82. The lowest BCUT2D eigenvalue weighted by atomic mass is 10.1. The van der Waals surface area contributed by atoms with Crippen molar-refractivity contribution in [2.75, 3.05) is 13.7 Å². The first-order valence-electron chi connectivity index (χ1n) is 5.49. The maximum absolute atomic E-state index is 13.6. The Bertz CT molecular complexity index is 426. The van der Waals surface area contributed by atoms with Crippen molar-refractivity contribution >= 4 is 5.91 Å². The standard InChI is InChI=1S/C12H17FN2O3/c1-7(15-12(17)11(14)6-16)9-5-8(18-2)3-4-10(9)13/h3-5,7,11,16H,6,14H2,1-2H3,(H,15,17)/t7-,11-/m1/s1. The molecule has 1 aromatic rings. The second kappa shape index (κ2) is 6.32. The van der Waals surface area contributed by atoms with Crippen molar-refractivity contribution < 1.29 is 19.0 Å². The zero-order valence-electron chi connectivity index (χ0n) is 10.3. The fourth-order valence-electron chi connectivity index (χ4n) is 1.46. The smallest absolute Gasteiger partial charge is 0.239 e. The van der Waals surface area contributed by atoms with Gasteiger partial charge >= 0.3 is 0 Å². The van der Waals surface area contributed by atoms with Crippen LogP contribution < -0.4 is 15.8 Å². The molecule has 0 aromatic heterocycles. The van der Waals surface area contributed by atoms with Crippen molar-refractivity contribution in [3.8, 4) is 5.75 Å². The summed E-state index contributed by atoms with van der Waals surface area (Å²) in [6.07, 6.45) is 0. The molecule has 0 saturated heterocycles. The molecule has 0 fully saturated rings. The summed E-state index contributed by atoms with van der Waals surface area (Å²) in [5.41, 5.74) is 5.66. The number of nitrogens with two attached hydrogens (primary N) is 1. The molecule has 0 aliphatic heterocycles. The van der Waals surface area contributed by atoms with Gasteiger partial charge in [0.15, 0.2) is 0 Å². The Balaban J connectivity index is 2.83. The molecule has 0 aliphatic rings. The van der Waals surface area contributed by atoms with Crippen LogP contribution in [-0.4, -0.2) is 30.8 Å². The molecule has 18 heavy (non-hydrogen) atoms. The fourth-order valence-corrected chi connectivity index (χ4v) is 1.46. The molecule has 6 heteroatoms. The van der Waals surface area contributed by atoms with Crippen molar-refractivity contribution in [2.45, 2.75) is 19.0 Å². The van der Waals surface area contributed by atoms with Gasteiger partial charge in [-0.2, -0.15) is 0 Å². The highest BCUT2D eigenvalue weighted by Gasteiger charge is 2.18. The van der Waals surface area contributed by atoms with Crippen molar-refractivity contribution in [1.29, 1.82) is 0 Å². The minimum absolute atomic E-state index is 0.299. The van der Waals surface area contributed by atoms with Crippen LogP contribution in [0.4, 0.5) is 4.39 Å². The van der Waals surface area contributed by atoms with Crippen LogP contribution in [0, 0.1) is 5.82 Å². The topological polar surface area (TPSA) is 84.6 Å². The highest BCUT2D eigenvalue weighted by atomic mass is 19.1. The number of aliphatic hydroxyl groups is 1. The number of ether oxygens (including phenoxy) is 1. The molecule has 0 saturated carbocycles. The van der Waals surface area contributed by atoms with Crippen molar-refractivity contribution in [3.05, 3.63) is 29.6 Å². The average molecular weight is 256 g/mol. The van der Waals surface area contributed by atoms with E-state index < -0.39 is 30.4 Å². The molecule has 5 nitrogen and oxygen atoms in total. The van der Waals surface area contributed by atoms with Gasteiger partial charge < -0.3 is 20.9 Å². The summed E-state index contributed by atoms with van der Waals surface area (Å²) in [6, 6.07) is 2.69. The highest BCUT2D eigenvalue weighted by Crippen LogP contribution is 2.22. The van der Waals surface area contributed by atoms with Gasteiger partial charge in [0.2, 0.25) is 5.91 Å². The van der Waals surface area contributed by atoms with E-state index in [0.29, 0.717) is 11.3 Å². The minimum Gasteiger partial charge on any atom is -0.497 e. The first kappa shape index (κ1) is 14.4. The third-order valence-corrected chi connectivity index (χ3v) is 2.56. The maximum atomic E-state index is 13.6. The van der Waals surface area contributed by atoms with Crippen LogP contribution in [0.1, 0.15) is 18.5 Å². The minimum atomic E-state index is -1.01. The van der Waals surface area contributed by atoms with Crippen molar-refractivity contribution in [1.82, 2.24) is 5.32 Å². The molecule has 1 amide bonds. The zero-order valence-corrected chi connectivity index (χ0v) is 10.3. The van der Waals surface area contributed by atoms with Crippen LogP contribution in [-0.2, 0) is 4.79 Å². The van der Waals surface area contributed by atoms with Gasteiger partial charge in [0.25, 0.3) is 0 Å². The van der Waals surface area contributed by atoms with Gasteiger partial charge in [0, 0.05) is 5.56 Å². The third kappa shape index (κ3) is 3.41. The van der Waals surface area contributed by atoms with E-state index in [1.165, 1.54) is 25.3 Å². The monoisotopic (exact) mass is 256 g/mol. The van der Waals surface area contributed by atoms with Crippen LogP contribution in [0.25, 0.3) is 0 Å². The van der Waals surface area contributed by atoms with E-state index in [1.807, 2.05) is 0 Å². The molecule has 100 valence electrons. The van der Waals surface area contributed by atoms with Crippen LogP contribution in [0.3, 0.4) is 0 Å². The SMILES string of the molecule is COc1ccc(F)c([C@@H](C)NC(=O)[C@H](N)CO)c1. The summed E-state index contributed by atoms with van der Waals surface area (Å²) in [5.74, 6) is -0.479. The molecule has 0 heterocycles. The Morgan fingerprint density at radius 3 is 2.83 bits per heavy atom. The quantitative estimate of drug-likeness (QED) is 0.709. The van der Waals surface area contributed by atoms with Crippen molar-refractivity contribution in [2.24, 2.45) is 5.73 Å². The van der Waals surface area contributed by atoms with Crippen LogP contribution in [0.5, 0.6) is 5.75 Å². The Morgan fingerprint density at radius 1 is 1.61 bits per heavy atom. The lowest BCUT2D eigenvalue weighted by Crippen LogP contribution is -2.43. The number of amides is 1. The molecule has 0 unspecified atom stereocenters. The number of hydrogen-bond donors (Lipinski definition) is 3. The summed E-state index contributed by atoms with van der Waals surface area (Å²) in [4.78, 5) is 11.5. The van der Waals surface area contributed by atoms with E-state index in [0.717, 1.165) is 0 Å². The average Bonchev–Trinajstić information content (AvgIpc) is 2.38. The first-order valence-corrected chi connectivity index (χ1v) is 5.49. The molecule has 0 aliphatic carbocycles. The van der Waals surface area contributed by atoms with E-state index in [2.05, 4.69) is 5.32 Å². The Labute approximate surface area is 105 Å². The van der Waals surface area contributed by atoms with Crippen LogP contribution >= 0.6 is 0 Å². The summed E-state index contributed by atoms with van der Waals surface area (Å²) in [6.45, 7) is 1.17. The number of benzene rings is 1. The lowest BCUT2D eigenvalue weighted by Gasteiger charge is -2.18. The molecule has 0 radical (unpaired) electrons. The van der Waals surface area contributed by atoms with Gasteiger partial charge in [-0.15, -0.1) is 0 Å². The van der Waals surface area contributed by atoms with Gasteiger partial charge in [-0.1, -0.05) is 0 Å². The molecular formula is C12H17FN2O3. The molecule has 1 rings (SSSR count). The largest absolute Gasteiger partial charge is 0.497 e. The summed E-state index contributed by atoms with van der Waals surface area (Å²) in [5, 5.41) is 11.3. The number of carbonyl (C=O) groups excluding carboxylic acids is 1. The summed E-state index contributed by atoms with van der Waals surface area (Å²) < 4.78 is 18.6. The van der Waals surface area contributed by atoms with Gasteiger partial charge in [0.1, 0.15) is 17.6 Å². The number of carbonyl (C=O) groups is 1. The van der Waals surface area contributed by atoms with Gasteiger partial charge in [-0.25, -0.2) is 4.39 Å². The number of rotatable bonds is 5. The van der Waals surface area contributed by atoms with Gasteiger partial charge in [0.05, 0.1) is 19.8 Å². The van der Waals surface area contributed by atoms with E-state index in [4.69, 9.17) is 15.6 Å². The first-order chi connectivity index (χ1) is 8.49. The van der Waals surface area contributed by atoms with E-state index in [-0.39, 0.29) is 0 Å².